The molecule has 0 radical (unpaired) electrons. The molecule has 0 saturated heterocycles. The summed E-state index contributed by atoms with van der Waals surface area (Å²) in [5.41, 5.74) is 1.17. The van der Waals surface area contributed by atoms with Gasteiger partial charge >= 0.3 is 12.0 Å². The molecule has 2 amide bonds. The summed E-state index contributed by atoms with van der Waals surface area (Å²) >= 11 is 0. The molecule has 0 aliphatic heterocycles. The van der Waals surface area contributed by atoms with Crippen molar-refractivity contribution < 1.29 is 19.1 Å². The molecule has 0 aromatic heterocycles. The van der Waals surface area contributed by atoms with Crippen LogP contribution in [-0.4, -0.2) is 29.2 Å². The molecular weight excluding hydrogens is 335 g/mol. The number of carbonyl (C=O) groups is 2. The Balaban J connectivity index is 1.38. The normalized spacial score (nSPS) is 29.0. The van der Waals surface area contributed by atoms with Gasteiger partial charge in [-0.3, -0.25) is 4.79 Å². The lowest BCUT2D eigenvalue weighted by molar-refractivity contribution is -0.142. The van der Waals surface area contributed by atoms with E-state index in [9.17, 15) is 14.0 Å². The molecule has 0 atom stereocenters. The predicted octanol–water partition coefficient (Wildman–Crippen LogP) is 3.79. The second-order valence-electron chi connectivity index (χ2n) is 7.60. The van der Waals surface area contributed by atoms with E-state index in [-0.39, 0.29) is 29.8 Å². The maximum Gasteiger partial charge on any atom is 0.315 e. The first-order valence-electron chi connectivity index (χ1n) is 9.56. The third kappa shape index (κ3) is 4.96. The molecule has 0 unspecified atom stereocenters. The number of nitrogens with one attached hydrogen (secondary N) is 2. The second kappa shape index (κ2) is 8.52. The Hall–Kier alpha value is -2.11. The van der Waals surface area contributed by atoms with Crippen molar-refractivity contribution >= 4 is 12.0 Å². The molecular formula is C20H27FN2O3. The summed E-state index contributed by atoms with van der Waals surface area (Å²) in [4.78, 5) is 23.2. The van der Waals surface area contributed by atoms with Gasteiger partial charge in [0, 0.05) is 12.1 Å². The van der Waals surface area contributed by atoms with Crippen LogP contribution in [0.5, 0.6) is 0 Å². The monoisotopic (exact) mass is 362 g/mol. The van der Waals surface area contributed by atoms with Gasteiger partial charge in [0.1, 0.15) is 5.82 Å². The first kappa shape index (κ1) is 18.7. The van der Waals surface area contributed by atoms with Crippen LogP contribution in [0.3, 0.4) is 0 Å². The Morgan fingerprint density at radius 1 is 0.846 bits per heavy atom. The fourth-order valence-corrected chi connectivity index (χ4v) is 4.20. The minimum atomic E-state index is -0.731. The molecule has 1 aromatic carbocycles. The minimum absolute atomic E-state index is 0.0705. The van der Waals surface area contributed by atoms with E-state index >= 15 is 0 Å². The van der Waals surface area contributed by atoms with Gasteiger partial charge in [0.2, 0.25) is 0 Å². The molecule has 2 aliphatic carbocycles. The number of carboxylic acid groups (broad SMARTS) is 1. The van der Waals surface area contributed by atoms with Crippen LogP contribution in [-0.2, 0) is 4.79 Å². The molecule has 1 aromatic rings. The molecule has 0 bridgehead atoms. The van der Waals surface area contributed by atoms with Gasteiger partial charge in [-0.2, -0.15) is 0 Å². The van der Waals surface area contributed by atoms with Gasteiger partial charge in [-0.25, -0.2) is 9.18 Å². The number of urea groups is 1. The highest BCUT2D eigenvalue weighted by Crippen LogP contribution is 2.33. The molecule has 2 fully saturated rings. The number of amides is 2. The van der Waals surface area contributed by atoms with Gasteiger partial charge in [-0.15, -0.1) is 0 Å². The molecule has 2 saturated carbocycles. The van der Waals surface area contributed by atoms with E-state index in [4.69, 9.17) is 5.11 Å². The minimum Gasteiger partial charge on any atom is -0.481 e. The summed E-state index contributed by atoms with van der Waals surface area (Å²) in [5.74, 6) is -0.773. The Morgan fingerprint density at radius 3 is 1.85 bits per heavy atom. The molecule has 3 N–H and O–H groups in total. The summed E-state index contributed by atoms with van der Waals surface area (Å²) in [6, 6.07) is 6.82. The zero-order valence-corrected chi connectivity index (χ0v) is 14.9. The Kier molecular flexibility index (Phi) is 6.12. The number of halogens is 1. The van der Waals surface area contributed by atoms with Crippen LogP contribution in [0.4, 0.5) is 9.18 Å². The summed E-state index contributed by atoms with van der Waals surface area (Å²) in [6.07, 6.45) is 6.51. The van der Waals surface area contributed by atoms with Gasteiger partial charge in [0.15, 0.2) is 0 Å². The SMILES string of the molecule is O=C(NC1CCC(C(=O)O)CC1)NC1CCC(c2ccc(F)cc2)CC1. The van der Waals surface area contributed by atoms with Gasteiger partial charge in [0.05, 0.1) is 5.92 Å². The summed E-state index contributed by atoms with van der Waals surface area (Å²) < 4.78 is 13.0. The molecule has 3 rings (SSSR count). The average Bonchev–Trinajstić information content (AvgIpc) is 2.63. The molecule has 26 heavy (non-hydrogen) atoms. The van der Waals surface area contributed by atoms with Crippen molar-refractivity contribution in [3.8, 4) is 0 Å². The molecule has 0 heterocycles. The lowest BCUT2D eigenvalue weighted by atomic mass is 9.82. The molecule has 142 valence electrons. The lowest BCUT2D eigenvalue weighted by Gasteiger charge is -2.31. The van der Waals surface area contributed by atoms with Crippen LogP contribution in [0, 0.1) is 11.7 Å². The van der Waals surface area contributed by atoms with E-state index in [0.717, 1.165) is 38.5 Å². The van der Waals surface area contributed by atoms with Gasteiger partial charge in [-0.1, -0.05) is 12.1 Å². The van der Waals surface area contributed by atoms with E-state index in [1.54, 1.807) is 0 Å². The van der Waals surface area contributed by atoms with Crippen LogP contribution in [0.15, 0.2) is 24.3 Å². The van der Waals surface area contributed by atoms with E-state index in [2.05, 4.69) is 10.6 Å². The maximum absolute atomic E-state index is 13.0. The van der Waals surface area contributed by atoms with Crippen LogP contribution in [0.1, 0.15) is 62.8 Å². The standard InChI is InChI=1S/C20H27FN2O3/c21-16-7-1-13(2-8-16)14-3-9-17(10-4-14)22-20(26)23-18-11-5-15(6-12-18)19(24)25/h1-2,7-8,14-15,17-18H,3-6,9-12H2,(H,24,25)(H2,22,23,26). The quantitative estimate of drug-likeness (QED) is 0.762. The van der Waals surface area contributed by atoms with Crippen LogP contribution in [0.2, 0.25) is 0 Å². The average molecular weight is 362 g/mol. The van der Waals surface area contributed by atoms with E-state index < -0.39 is 5.97 Å². The highest BCUT2D eigenvalue weighted by atomic mass is 19.1. The largest absolute Gasteiger partial charge is 0.481 e. The number of carboxylic acids is 1. The van der Waals surface area contributed by atoms with Gasteiger partial charge in [0.25, 0.3) is 0 Å². The number of hydrogen-bond acceptors (Lipinski definition) is 2. The third-order valence-electron chi connectivity index (χ3n) is 5.82. The second-order valence-corrected chi connectivity index (χ2v) is 7.60. The van der Waals surface area contributed by atoms with Crippen molar-refractivity contribution in [3.05, 3.63) is 35.6 Å². The number of benzene rings is 1. The molecule has 2 aliphatic rings. The summed E-state index contributed by atoms with van der Waals surface area (Å²) in [6.45, 7) is 0. The lowest BCUT2D eigenvalue weighted by Crippen LogP contribution is -2.48. The molecule has 6 heteroatoms. The Bertz CT molecular complexity index is 618. The first-order valence-corrected chi connectivity index (χ1v) is 9.56. The van der Waals surface area contributed by atoms with Crippen molar-refractivity contribution in [1.29, 1.82) is 0 Å². The highest BCUT2D eigenvalue weighted by Gasteiger charge is 2.28. The smallest absolute Gasteiger partial charge is 0.315 e. The molecule has 0 spiro atoms. The van der Waals surface area contributed by atoms with E-state index in [0.29, 0.717) is 18.8 Å². The van der Waals surface area contributed by atoms with E-state index in [1.807, 2.05) is 12.1 Å². The Morgan fingerprint density at radius 2 is 1.35 bits per heavy atom. The summed E-state index contributed by atoms with van der Waals surface area (Å²) in [5, 5.41) is 15.1. The van der Waals surface area contributed by atoms with Crippen molar-refractivity contribution in [2.45, 2.75) is 69.4 Å². The van der Waals surface area contributed by atoms with Crippen molar-refractivity contribution in [2.24, 2.45) is 5.92 Å². The fourth-order valence-electron chi connectivity index (χ4n) is 4.20. The van der Waals surface area contributed by atoms with Crippen LogP contribution in [0.25, 0.3) is 0 Å². The van der Waals surface area contributed by atoms with Crippen molar-refractivity contribution in [3.63, 3.8) is 0 Å². The molecule has 5 nitrogen and oxygen atoms in total. The zero-order valence-electron chi connectivity index (χ0n) is 14.9. The van der Waals surface area contributed by atoms with E-state index in [1.165, 1.54) is 17.7 Å². The van der Waals surface area contributed by atoms with Crippen molar-refractivity contribution in [2.75, 3.05) is 0 Å². The van der Waals surface area contributed by atoms with Crippen LogP contribution >= 0.6 is 0 Å². The number of hydrogen-bond donors (Lipinski definition) is 3. The topological polar surface area (TPSA) is 78.4 Å². The highest BCUT2D eigenvalue weighted by molar-refractivity contribution is 5.74. The van der Waals surface area contributed by atoms with Crippen LogP contribution < -0.4 is 10.6 Å². The third-order valence-corrected chi connectivity index (χ3v) is 5.82. The first-order chi connectivity index (χ1) is 12.5. The number of rotatable bonds is 4. The Labute approximate surface area is 153 Å². The van der Waals surface area contributed by atoms with Gasteiger partial charge in [-0.05, 0) is 75.0 Å². The predicted molar refractivity (Wildman–Crippen MR) is 96.4 cm³/mol. The zero-order chi connectivity index (χ0) is 18.5. The number of carbonyl (C=O) groups excluding carboxylic acids is 1. The number of aliphatic carboxylic acids is 1. The summed E-state index contributed by atoms with van der Waals surface area (Å²) in [7, 11) is 0. The van der Waals surface area contributed by atoms with Gasteiger partial charge < -0.3 is 15.7 Å². The fraction of sp³-hybridized carbons (Fsp3) is 0.600. The maximum atomic E-state index is 13.0. The van der Waals surface area contributed by atoms with Crippen molar-refractivity contribution in [1.82, 2.24) is 10.6 Å².